The van der Waals surface area contributed by atoms with E-state index in [-0.39, 0.29) is 0 Å². The van der Waals surface area contributed by atoms with Crippen LogP contribution in [0.2, 0.25) is 0 Å². The van der Waals surface area contributed by atoms with E-state index in [2.05, 4.69) is 18.9 Å². The third-order valence-corrected chi connectivity index (χ3v) is 3.93. The molecule has 1 aliphatic rings. The Labute approximate surface area is 106 Å². The fraction of sp³-hybridized carbons (Fsp3) is 1.00. The third kappa shape index (κ3) is 5.36. The first-order chi connectivity index (χ1) is 7.81. The van der Waals surface area contributed by atoms with Crippen molar-refractivity contribution in [2.45, 2.75) is 58.1 Å². The zero-order valence-corrected chi connectivity index (χ0v) is 11.9. The summed E-state index contributed by atoms with van der Waals surface area (Å²) in [4.78, 5) is 2.22. The van der Waals surface area contributed by atoms with E-state index < -0.39 is 5.60 Å². The van der Waals surface area contributed by atoms with Crippen LogP contribution in [0.5, 0.6) is 0 Å². The van der Waals surface area contributed by atoms with Crippen LogP contribution in [-0.4, -0.2) is 41.8 Å². The molecule has 0 radical (unpaired) electrons. The zero-order valence-electron chi connectivity index (χ0n) is 11.9. The minimum absolute atomic E-state index is 0.349. The van der Waals surface area contributed by atoms with Gasteiger partial charge in [-0.1, -0.05) is 13.3 Å². The molecule has 0 aliphatic heterocycles. The van der Waals surface area contributed by atoms with Crippen LogP contribution in [0, 0.1) is 11.8 Å². The van der Waals surface area contributed by atoms with E-state index in [1.54, 1.807) is 0 Å². The fourth-order valence-electron chi connectivity index (χ4n) is 3.09. The summed E-state index contributed by atoms with van der Waals surface area (Å²) in [5, 5.41) is 9.81. The van der Waals surface area contributed by atoms with E-state index in [4.69, 9.17) is 5.73 Å². The summed E-state index contributed by atoms with van der Waals surface area (Å²) < 4.78 is 0. The van der Waals surface area contributed by atoms with Crippen LogP contribution in [0.15, 0.2) is 0 Å². The zero-order chi connectivity index (χ0) is 13.1. The van der Waals surface area contributed by atoms with Gasteiger partial charge in [-0.15, -0.1) is 0 Å². The number of hydrogen-bond donors (Lipinski definition) is 2. The normalized spacial score (nSPS) is 30.9. The van der Waals surface area contributed by atoms with Gasteiger partial charge in [-0.2, -0.15) is 0 Å². The van der Waals surface area contributed by atoms with Crippen LogP contribution in [-0.2, 0) is 0 Å². The van der Waals surface area contributed by atoms with Gasteiger partial charge < -0.3 is 15.7 Å². The van der Waals surface area contributed by atoms with Gasteiger partial charge in [-0.25, -0.2) is 0 Å². The summed E-state index contributed by atoms with van der Waals surface area (Å²) in [6.07, 6.45) is 5.00. The van der Waals surface area contributed by atoms with Crippen LogP contribution >= 0.6 is 0 Å². The average Bonchev–Trinajstić information content (AvgIpc) is 2.18. The minimum Gasteiger partial charge on any atom is -0.389 e. The Kier molecular flexibility index (Phi) is 5.42. The first-order valence-electron chi connectivity index (χ1n) is 6.98. The van der Waals surface area contributed by atoms with Crippen molar-refractivity contribution in [3.63, 3.8) is 0 Å². The molecule has 0 amide bonds. The largest absolute Gasteiger partial charge is 0.389 e. The number of rotatable bonds is 5. The molecule has 1 aliphatic carbocycles. The van der Waals surface area contributed by atoms with Crippen LogP contribution in [0.4, 0.5) is 0 Å². The van der Waals surface area contributed by atoms with Crippen molar-refractivity contribution in [2.75, 3.05) is 20.1 Å². The van der Waals surface area contributed by atoms with E-state index in [0.717, 1.165) is 12.5 Å². The molecule has 102 valence electrons. The molecule has 17 heavy (non-hydrogen) atoms. The standard InChI is InChI=1S/C14H30N2O/c1-5-11-6-7-13(15)12(8-11)9-16(4)10-14(2,3)17/h11-13,17H,5-10,15H2,1-4H3. The van der Waals surface area contributed by atoms with Crippen molar-refractivity contribution in [1.29, 1.82) is 0 Å². The van der Waals surface area contributed by atoms with Crippen LogP contribution in [0.25, 0.3) is 0 Å². The Balaban J connectivity index is 2.42. The van der Waals surface area contributed by atoms with Crippen molar-refractivity contribution in [2.24, 2.45) is 17.6 Å². The Morgan fingerprint density at radius 2 is 2.00 bits per heavy atom. The Bertz CT molecular complexity index is 225. The van der Waals surface area contributed by atoms with Crippen molar-refractivity contribution in [3.8, 4) is 0 Å². The molecule has 1 fully saturated rings. The topological polar surface area (TPSA) is 49.5 Å². The SMILES string of the molecule is CCC1CCC(N)C(CN(C)CC(C)(C)O)C1. The second-order valence-corrected chi connectivity index (χ2v) is 6.52. The summed E-state index contributed by atoms with van der Waals surface area (Å²) in [5.41, 5.74) is 5.61. The molecule has 3 atom stereocenters. The van der Waals surface area contributed by atoms with Gasteiger partial charge in [-0.3, -0.25) is 0 Å². The smallest absolute Gasteiger partial charge is 0.0718 e. The number of hydrogen-bond acceptors (Lipinski definition) is 3. The summed E-state index contributed by atoms with van der Waals surface area (Å²) in [5.74, 6) is 1.45. The predicted molar refractivity (Wildman–Crippen MR) is 72.9 cm³/mol. The van der Waals surface area contributed by atoms with Crippen LogP contribution in [0.1, 0.15) is 46.5 Å². The van der Waals surface area contributed by atoms with Gasteiger partial charge in [0, 0.05) is 19.1 Å². The molecule has 0 heterocycles. The lowest BCUT2D eigenvalue weighted by atomic mass is 9.77. The molecular weight excluding hydrogens is 212 g/mol. The molecule has 3 unspecified atom stereocenters. The average molecular weight is 242 g/mol. The summed E-state index contributed by atoms with van der Waals surface area (Å²) in [6.45, 7) is 7.73. The second kappa shape index (κ2) is 6.17. The van der Waals surface area contributed by atoms with Gasteiger partial charge in [0.25, 0.3) is 0 Å². The molecule has 0 aromatic heterocycles. The monoisotopic (exact) mass is 242 g/mol. The maximum atomic E-state index is 9.81. The summed E-state index contributed by atoms with van der Waals surface area (Å²) >= 11 is 0. The highest BCUT2D eigenvalue weighted by atomic mass is 16.3. The number of nitrogens with zero attached hydrogens (tertiary/aromatic N) is 1. The second-order valence-electron chi connectivity index (χ2n) is 6.52. The molecule has 0 aromatic carbocycles. The quantitative estimate of drug-likeness (QED) is 0.773. The number of aliphatic hydroxyl groups is 1. The number of nitrogens with two attached hydrogens (primary N) is 1. The van der Waals surface area contributed by atoms with E-state index in [0.29, 0.717) is 18.5 Å². The van der Waals surface area contributed by atoms with Gasteiger partial charge in [0.05, 0.1) is 5.60 Å². The summed E-state index contributed by atoms with van der Waals surface area (Å²) in [7, 11) is 2.08. The highest BCUT2D eigenvalue weighted by Crippen LogP contribution is 2.30. The van der Waals surface area contributed by atoms with Gasteiger partial charge in [0.15, 0.2) is 0 Å². The Morgan fingerprint density at radius 3 is 2.53 bits per heavy atom. The van der Waals surface area contributed by atoms with Crippen molar-refractivity contribution >= 4 is 0 Å². The molecule has 1 rings (SSSR count). The lowest BCUT2D eigenvalue weighted by Crippen LogP contribution is -2.45. The molecule has 3 nitrogen and oxygen atoms in total. The predicted octanol–water partition coefficient (Wildman–Crippen LogP) is 1.84. The molecule has 1 saturated carbocycles. The van der Waals surface area contributed by atoms with Gasteiger partial charge in [0.1, 0.15) is 0 Å². The molecule has 0 aromatic rings. The molecule has 0 spiro atoms. The van der Waals surface area contributed by atoms with Gasteiger partial charge in [-0.05, 0) is 52.0 Å². The Hall–Kier alpha value is -0.120. The third-order valence-electron chi connectivity index (χ3n) is 3.93. The number of likely N-dealkylation sites (N-methyl/N-ethyl adjacent to an activating group) is 1. The lowest BCUT2D eigenvalue weighted by molar-refractivity contribution is 0.0350. The van der Waals surface area contributed by atoms with Crippen LogP contribution < -0.4 is 5.73 Å². The highest BCUT2D eigenvalue weighted by Gasteiger charge is 2.28. The first kappa shape index (κ1) is 14.9. The maximum absolute atomic E-state index is 9.81. The van der Waals surface area contributed by atoms with E-state index in [9.17, 15) is 5.11 Å². The first-order valence-corrected chi connectivity index (χ1v) is 6.98. The van der Waals surface area contributed by atoms with Crippen molar-refractivity contribution in [3.05, 3.63) is 0 Å². The van der Waals surface area contributed by atoms with E-state index in [1.165, 1.54) is 25.7 Å². The van der Waals surface area contributed by atoms with E-state index >= 15 is 0 Å². The summed E-state index contributed by atoms with van der Waals surface area (Å²) in [6, 6.07) is 0.349. The van der Waals surface area contributed by atoms with Crippen LogP contribution in [0.3, 0.4) is 0 Å². The van der Waals surface area contributed by atoms with Gasteiger partial charge >= 0.3 is 0 Å². The molecule has 3 N–H and O–H groups in total. The van der Waals surface area contributed by atoms with Crippen molar-refractivity contribution in [1.82, 2.24) is 4.90 Å². The van der Waals surface area contributed by atoms with Crippen molar-refractivity contribution < 1.29 is 5.11 Å². The maximum Gasteiger partial charge on any atom is 0.0718 e. The highest BCUT2D eigenvalue weighted by molar-refractivity contribution is 4.84. The molecule has 0 bridgehead atoms. The van der Waals surface area contributed by atoms with Gasteiger partial charge in [0.2, 0.25) is 0 Å². The molecule has 3 heteroatoms. The fourth-order valence-corrected chi connectivity index (χ4v) is 3.09. The lowest BCUT2D eigenvalue weighted by Gasteiger charge is -2.37. The molecular formula is C14H30N2O. The molecule has 0 saturated heterocycles. The Morgan fingerprint density at radius 1 is 1.35 bits per heavy atom. The van der Waals surface area contributed by atoms with E-state index in [1.807, 2.05) is 13.8 Å². The minimum atomic E-state index is -0.613.